The lowest BCUT2D eigenvalue weighted by Gasteiger charge is -2.43. The van der Waals surface area contributed by atoms with Gasteiger partial charge in [-0.05, 0) is 38.0 Å². The van der Waals surface area contributed by atoms with Crippen LogP contribution in [0.2, 0.25) is 0 Å². The van der Waals surface area contributed by atoms with Crippen molar-refractivity contribution >= 4 is 23.1 Å². The zero-order valence-corrected chi connectivity index (χ0v) is 16.5. The number of nitrogens with two attached hydrogens (primary N) is 1. The standard InChI is InChI=1S/C24H20N4O2/c1-14-9-11-15(12-10-14)28-19-7-4-8-20(29)21(19)24(17(13-25)22(28)26)16-5-2-3-6-18(16)27-23(24)30/h2-3,5-6,9-12H,4,7-8,26H2,1H3,(H,27,30). The summed E-state index contributed by atoms with van der Waals surface area (Å²) in [5.41, 5.74) is 9.36. The van der Waals surface area contributed by atoms with E-state index in [9.17, 15) is 14.9 Å². The fourth-order valence-corrected chi connectivity index (χ4v) is 4.93. The van der Waals surface area contributed by atoms with Gasteiger partial charge in [-0.1, -0.05) is 35.9 Å². The molecule has 148 valence electrons. The van der Waals surface area contributed by atoms with E-state index in [1.54, 1.807) is 17.0 Å². The number of hydrogen-bond acceptors (Lipinski definition) is 5. The predicted octanol–water partition coefficient (Wildman–Crippen LogP) is 3.41. The van der Waals surface area contributed by atoms with Crippen LogP contribution in [0, 0.1) is 18.3 Å². The number of rotatable bonds is 1. The average Bonchev–Trinajstić information content (AvgIpc) is 3.02. The number of fused-ring (bicyclic) bond motifs is 3. The zero-order valence-electron chi connectivity index (χ0n) is 16.5. The largest absolute Gasteiger partial charge is 0.384 e. The maximum Gasteiger partial charge on any atom is 0.245 e. The van der Waals surface area contributed by atoms with Crippen molar-refractivity contribution in [1.29, 1.82) is 5.26 Å². The summed E-state index contributed by atoms with van der Waals surface area (Å²) in [6.45, 7) is 1.99. The van der Waals surface area contributed by atoms with Gasteiger partial charge in [0.2, 0.25) is 5.91 Å². The summed E-state index contributed by atoms with van der Waals surface area (Å²) >= 11 is 0. The number of carbonyl (C=O) groups is 2. The minimum absolute atomic E-state index is 0.0968. The smallest absolute Gasteiger partial charge is 0.245 e. The third kappa shape index (κ3) is 2.17. The Morgan fingerprint density at radius 1 is 1.10 bits per heavy atom. The van der Waals surface area contributed by atoms with Crippen LogP contribution in [0.5, 0.6) is 0 Å². The number of Topliss-reactive ketones (excluding diaryl/α,β-unsaturated/α-hetero) is 1. The summed E-state index contributed by atoms with van der Waals surface area (Å²) in [7, 11) is 0. The van der Waals surface area contributed by atoms with Crippen LogP contribution < -0.4 is 16.0 Å². The fraction of sp³-hybridized carbons (Fsp3) is 0.208. The van der Waals surface area contributed by atoms with Crippen LogP contribution in [0.1, 0.15) is 30.4 Å². The summed E-state index contributed by atoms with van der Waals surface area (Å²) in [4.78, 5) is 28.5. The molecule has 2 aliphatic heterocycles. The summed E-state index contributed by atoms with van der Waals surface area (Å²) in [6.07, 6.45) is 1.62. The van der Waals surface area contributed by atoms with Gasteiger partial charge in [0.1, 0.15) is 17.3 Å². The first kappa shape index (κ1) is 18.2. The molecule has 0 saturated heterocycles. The number of allylic oxidation sites excluding steroid dienone is 1. The van der Waals surface area contributed by atoms with Crippen molar-refractivity contribution in [2.45, 2.75) is 31.6 Å². The van der Waals surface area contributed by atoms with Gasteiger partial charge in [-0.25, -0.2) is 0 Å². The molecular formula is C24H20N4O2. The van der Waals surface area contributed by atoms with Crippen molar-refractivity contribution < 1.29 is 9.59 Å². The van der Waals surface area contributed by atoms with Crippen molar-refractivity contribution in [3.8, 4) is 6.07 Å². The number of aryl methyl sites for hydroxylation is 1. The van der Waals surface area contributed by atoms with E-state index in [4.69, 9.17) is 5.73 Å². The number of nitriles is 1. The van der Waals surface area contributed by atoms with Crippen LogP contribution in [-0.2, 0) is 15.0 Å². The van der Waals surface area contributed by atoms with Crippen LogP contribution in [0.15, 0.2) is 71.2 Å². The molecule has 0 fully saturated rings. The van der Waals surface area contributed by atoms with Gasteiger partial charge in [0.15, 0.2) is 5.78 Å². The van der Waals surface area contributed by atoms with Crippen molar-refractivity contribution in [2.24, 2.45) is 5.73 Å². The zero-order chi connectivity index (χ0) is 21.0. The van der Waals surface area contributed by atoms with Crippen molar-refractivity contribution in [3.63, 3.8) is 0 Å². The van der Waals surface area contributed by atoms with E-state index in [-0.39, 0.29) is 17.2 Å². The molecule has 0 saturated carbocycles. The predicted molar refractivity (Wildman–Crippen MR) is 113 cm³/mol. The van der Waals surface area contributed by atoms with Crippen molar-refractivity contribution in [2.75, 3.05) is 10.2 Å². The lowest BCUT2D eigenvalue weighted by Crippen LogP contribution is -2.50. The third-order valence-corrected chi connectivity index (χ3v) is 6.23. The number of nitrogens with one attached hydrogen (secondary N) is 1. The molecular weight excluding hydrogens is 376 g/mol. The molecule has 30 heavy (non-hydrogen) atoms. The lowest BCUT2D eigenvalue weighted by molar-refractivity contribution is -0.122. The van der Waals surface area contributed by atoms with Gasteiger partial charge in [0.05, 0.1) is 5.57 Å². The van der Waals surface area contributed by atoms with Crippen LogP contribution in [-0.4, -0.2) is 11.7 Å². The van der Waals surface area contributed by atoms with E-state index >= 15 is 0 Å². The van der Waals surface area contributed by atoms with E-state index < -0.39 is 11.3 Å². The number of ketones is 1. The Morgan fingerprint density at radius 3 is 2.57 bits per heavy atom. The Morgan fingerprint density at radius 2 is 1.83 bits per heavy atom. The number of amides is 1. The SMILES string of the molecule is Cc1ccc(N2C(N)=C(C#N)C3(C(=O)Nc4ccccc43)C3=C2CCCC3=O)cc1. The number of anilines is 2. The molecule has 6 heteroatoms. The highest BCUT2D eigenvalue weighted by Gasteiger charge is 2.59. The number of carbonyl (C=O) groups excluding carboxylic acids is 2. The van der Waals surface area contributed by atoms with Gasteiger partial charge in [-0.15, -0.1) is 0 Å². The maximum atomic E-state index is 13.5. The highest BCUT2D eigenvalue weighted by Crippen LogP contribution is 2.54. The normalized spacial score (nSPS) is 22.7. The Bertz CT molecular complexity index is 1220. The Balaban J connectivity index is 1.87. The molecule has 6 nitrogen and oxygen atoms in total. The van der Waals surface area contributed by atoms with Gasteiger partial charge in [0.25, 0.3) is 0 Å². The first-order chi connectivity index (χ1) is 14.5. The van der Waals surface area contributed by atoms with Crippen molar-refractivity contribution in [3.05, 3.63) is 82.3 Å². The lowest BCUT2D eigenvalue weighted by atomic mass is 9.64. The van der Waals surface area contributed by atoms with Crippen LogP contribution >= 0.6 is 0 Å². The molecule has 1 spiro atoms. The molecule has 0 radical (unpaired) electrons. The topological polar surface area (TPSA) is 99.2 Å². The average molecular weight is 396 g/mol. The molecule has 1 atom stereocenters. The van der Waals surface area contributed by atoms with Crippen LogP contribution in [0.4, 0.5) is 11.4 Å². The number of para-hydroxylation sites is 1. The summed E-state index contributed by atoms with van der Waals surface area (Å²) in [5, 5.41) is 13.1. The monoisotopic (exact) mass is 396 g/mol. The molecule has 2 heterocycles. The Kier molecular flexibility index (Phi) is 3.84. The summed E-state index contributed by atoms with van der Waals surface area (Å²) in [5.74, 6) is -0.309. The number of hydrogen-bond donors (Lipinski definition) is 2. The third-order valence-electron chi connectivity index (χ3n) is 6.23. The summed E-state index contributed by atoms with van der Waals surface area (Å²) < 4.78 is 0. The second-order valence-corrected chi connectivity index (χ2v) is 7.89. The molecule has 2 aromatic rings. The molecule has 2 aromatic carbocycles. The molecule has 0 bridgehead atoms. The van der Waals surface area contributed by atoms with Gasteiger partial charge in [-0.3, -0.25) is 14.5 Å². The van der Waals surface area contributed by atoms with Crippen LogP contribution in [0.25, 0.3) is 0 Å². The second-order valence-electron chi connectivity index (χ2n) is 7.89. The minimum atomic E-state index is -1.50. The van der Waals surface area contributed by atoms with Gasteiger partial charge in [0, 0.05) is 34.6 Å². The first-order valence-electron chi connectivity index (χ1n) is 9.95. The van der Waals surface area contributed by atoms with E-state index in [0.717, 1.165) is 11.3 Å². The molecule has 5 rings (SSSR count). The van der Waals surface area contributed by atoms with E-state index in [0.29, 0.717) is 41.8 Å². The first-order valence-corrected chi connectivity index (χ1v) is 9.95. The summed E-state index contributed by atoms with van der Waals surface area (Å²) in [6, 6.07) is 17.2. The van der Waals surface area contributed by atoms with E-state index in [2.05, 4.69) is 11.4 Å². The quantitative estimate of drug-likeness (QED) is 0.770. The Labute approximate surface area is 174 Å². The Hall–Kier alpha value is -3.85. The second kappa shape index (κ2) is 6.33. The molecule has 0 aromatic heterocycles. The highest BCUT2D eigenvalue weighted by atomic mass is 16.2. The molecule has 1 unspecified atom stereocenters. The molecule has 3 aliphatic rings. The maximum absolute atomic E-state index is 13.5. The van der Waals surface area contributed by atoms with Crippen molar-refractivity contribution in [1.82, 2.24) is 0 Å². The van der Waals surface area contributed by atoms with Gasteiger partial charge < -0.3 is 11.1 Å². The van der Waals surface area contributed by atoms with E-state index in [1.807, 2.05) is 43.3 Å². The van der Waals surface area contributed by atoms with Gasteiger partial charge >= 0.3 is 0 Å². The minimum Gasteiger partial charge on any atom is -0.384 e. The molecule has 1 amide bonds. The number of benzene rings is 2. The van der Waals surface area contributed by atoms with Crippen LogP contribution in [0.3, 0.4) is 0 Å². The fourth-order valence-electron chi connectivity index (χ4n) is 4.93. The molecule has 3 N–H and O–H groups in total. The van der Waals surface area contributed by atoms with Gasteiger partial charge in [-0.2, -0.15) is 5.26 Å². The highest BCUT2D eigenvalue weighted by molar-refractivity contribution is 6.19. The molecule has 1 aliphatic carbocycles. The van der Waals surface area contributed by atoms with E-state index in [1.165, 1.54) is 0 Å². The number of nitrogens with zero attached hydrogens (tertiary/aromatic N) is 2.